The van der Waals surface area contributed by atoms with Gasteiger partial charge in [0.05, 0.1) is 18.4 Å². The van der Waals surface area contributed by atoms with Crippen LogP contribution in [0.5, 0.6) is 5.75 Å². The van der Waals surface area contributed by atoms with Gasteiger partial charge >= 0.3 is 5.97 Å². The lowest BCUT2D eigenvalue weighted by molar-refractivity contribution is -0.136. The number of aliphatic carboxylic acids is 1. The summed E-state index contributed by atoms with van der Waals surface area (Å²) in [6.45, 7) is 1.89. The van der Waals surface area contributed by atoms with Crippen molar-refractivity contribution in [3.8, 4) is 5.75 Å². The van der Waals surface area contributed by atoms with E-state index in [1.165, 1.54) is 25.3 Å². The maximum atomic E-state index is 11.9. The SMILES string of the molecule is CCNS(=O)(=O)c1ccc(OC)cc1CC(=O)O. The zero-order chi connectivity index (χ0) is 13.8. The van der Waals surface area contributed by atoms with Crippen molar-refractivity contribution in [2.45, 2.75) is 18.2 Å². The lowest BCUT2D eigenvalue weighted by atomic mass is 10.1. The Balaban J connectivity index is 3.30. The van der Waals surface area contributed by atoms with E-state index < -0.39 is 16.0 Å². The molecule has 0 aliphatic rings. The van der Waals surface area contributed by atoms with Crippen molar-refractivity contribution in [1.29, 1.82) is 0 Å². The number of ether oxygens (including phenoxy) is 1. The number of sulfonamides is 1. The van der Waals surface area contributed by atoms with Crippen LogP contribution in [0.4, 0.5) is 0 Å². The summed E-state index contributed by atoms with van der Waals surface area (Å²) in [5.41, 5.74) is 0.197. The molecule has 0 aromatic heterocycles. The van der Waals surface area contributed by atoms with E-state index >= 15 is 0 Å². The van der Waals surface area contributed by atoms with Crippen LogP contribution in [0.15, 0.2) is 23.1 Å². The van der Waals surface area contributed by atoms with Crippen LogP contribution in [0.3, 0.4) is 0 Å². The Morgan fingerprint density at radius 1 is 1.44 bits per heavy atom. The predicted octanol–water partition coefficient (Wildman–Crippen LogP) is 0.621. The van der Waals surface area contributed by atoms with Crippen LogP contribution in [0.1, 0.15) is 12.5 Å². The van der Waals surface area contributed by atoms with Gasteiger partial charge in [0.2, 0.25) is 10.0 Å². The average Bonchev–Trinajstić information content (AvgIpc) is 2.27. The van der Waals surface area contributed by atoms with Gasteiger partial charge in [0, 0.05) is 6.54 Å². The molecule has 1 aromatic carbocycles. The third-order valence-corrected chi connectivity index (χ3v) is 3.88. The van der Waals surface area contributed by atoms with Gasteiger partial charge in [0.15, 0.2) is 0 Å². The fourth-order valence-electron chi connectivity index (χ4n) is 1.51. The Morgan fingerprint density at radius 3 is 2.61 bits per heavy atom. The van der Waals surface area contributed by atoms with Crippen molar-refractivity contribution in [2.75, 3.05) is 13.7 Å². The zero-order valence-corrected chi connectivity index (χ0v) is 11.0. The van der Waals surface area contributed by atoms with Crippen LogP contribution in [0.2, 0.25) is 0 Å². The number of rotatable bonds is 6. The highest BCUT2D eigenvalue weighted by Gasteiger charge is 2.19. The number of nitrogens with one attached hydrogen (secondary N) is 1. The Bertz CT molecular complexity index is 538. The van der Waals surface area contributed by atoms with Crippen molar-refractivity contribution in [3.05, 3.63) is 23.8 Å². The van der Waals surface area contributed by atoms with Gasteiger partial charge in [0.1, 0.15) is 5.75 Å². The van der Waals surface area contributed by atoms with E-state index in [2.05, 4.69) is 4.72 Å². The number of hydrogen-bond donors (Lipinski definition) is 2. The molecular formula is C11H15NO5S. The third-order valence-electron chi connectivity index (χ3n) is 2.23. The molecule has 0 spiro atoms. The summed E-state index contributed by atoms with van der Waals surface area (Å²) < 4.78 is 31.1. The van der Waals surface area contributed by atoms with Gasteiger partial charge in [-0.05, 0) is 23.8 Å². The molecular weight excluding hydrogens is 258 g/mol. The Morgan fingerprint density at radius 2 is 2.11 bits per heavy atom. The van der Waals surface area contributed by atoms with Gasteiger partial charge in [-0.15, -0.1) is 0 Å². The number of carboxylic acids is 1. The minimum atomic E-state index is -3.68. The van der Waals surface area contributed by atoms with E-state index in [0.29, 0.717) is 5.75 Å². The quantitative estimate of drug-likeness (QED) is 0.792. The molecule has 0 bridgehead atoms. The van der Waals surface area contributed by atoms with Crippen LogP contribution in [-0.4, -0.2) is 33.1 Å². The highest BCUT2D eigenvalue weighted by molar-refractivity contribution is 7.89. The average molecular weight is 273 g/mol. The second-order valence-corrected chi connectivity index (χ2v) is 5.28. The first-order chi connectivity index (χ1) is 8.40. The van der Waals surface area contributed by atoms with E-state index in [1.54, 1.807) is 6.92 Å². The minimum absolute atomic E-state index is 0.0347. The van der Waals surface area contributed by atoms with E-state index in [4.69, 9.17) is 9.84 Å². The molecule has 1 aromatic rings. The molecule has 7 heteroatoms. The fourth-order valence-corrected chi connectivity index (χ4v) is 2.77. The van der Waals surface area contributed by atoms with Gasteiger partial charge in [-0.3, -0.25) is 4.79 Å². The second-order valence-electron chi connectivity index (χ2n) is 3.55. The Hall–Kier alpha value is -1.60. The zero-order valence-electron chi connectivity index (χ0n) is 10.1. The largest absolute Gasteiger partial charge is 0.497 e. The molecule has 0 heterocycles. The molecule has 0 saturated heterocycles. The van der Waals surface area contributed by atoms with Crippen LogP contribution in [0, 0.1) is 0 Å². The topological polar surface area (TPSA) is 92.7 Å². The molecule has 0 atom stereocenters. The first kappa shape index (κ1) is 14.5. The second kappa shape index (κ2) is 5.83. The molecule has 0 aliphatic carbocycles. The Kier molecular flexibility index (Phi) is 4.69. The molecule has 0 unspecified atom stereocenters. The highest BCUT2D eigenvalue weighted by atomic mass is 32.2. The summed E-state index contributed by atoms with van der Waals surface area (Å²) >= 11 is 0. The summed E-state index contributed by atoms with van der Waals surface area (Å²) in [5.74, 6) is -0.682. The fraction of sp³-hybridized carbons (Fsp3) is 0.364. The molecule has 0 fully saturated rings. The van der Waals surface area contributed by atoms with Gasteiger partial charge < -0.3 is 9.84 Å². The van der Waals surface area contributed by atoms with Crippen molar-refractivity contribution in [3.63, 3.8) is 0 Å². The number of hydrogen-bond acceptors (Lipinski definition) is 4. The molecule has 18 heavy (non-hydrogen) atoms. The van der Waals surface area contributed by atoms with Crippen LogP contribution in [-0.2, 0) is 21.2 Å². The molecule has 0 radical (unpaired) electrons. The standard InChI is InChI=1S/C11H15NO5S/c1-3-12-18(15,16)10-5-4-9(17-2)6-8(10)7-11(13)14/h4-6,12H,3,7H2,1-2H3,(H,13,14). The monoisotopic (exact) mass is 273 g/mol. The normalized spacial score (nSPS) is 11.2. The number of methoxy groups -OCH3 is 1. The molecule has 0 saturated carbocycles. The molecule has 2 N–H and O–H groups in total. The van der Waals surface area contributed by atoms with Gasteiger partial charge in [-0.1, -0.05) is 6.92 Å². The summed E-state index contributed by atoms with van der Waals surface area (Å²) in [4.78, 5) is 10.7. The maximum absolute atomic E-state index is 11.9. The van der Waals surface area contributed by atoms with E-state index in [0.717, 1.165) is 0 Å². The molecule has 1 rings (SSSR count). The lowest BCUT2D eigenvalue weighted by Crippen LogP contribution is -2.24. The van der Waals surface area contributed by atoms with Crippen molar-refractivity contribution in [2.24, 2.45) is 0 Å². The van der Waals surface area contributed by atoms with Gasteiger partial charge in [-0.2, -0.15) is 0 Å². The van der Waals surface area contributed by atoms with Crippen molar-refractivity contribution in [1.82, 2.24) is 4.72 Å². The molecule has 6 nitrogen and oxygen atoms in total. The lowest BCUT2D eigenvalue weighted by Gasteiger charge is -2.11. The summed E-state index contributed by atoms with van der Waals surface area (Å²) in [7, 11) is -2.25. The van der Waals surface area contributed by atoms with E-state index in [-0.39, 0.29) is 23.4 Å². The predicted molar refractivity (Wildman–Crippen MR) is 65.2 cm³/mol. The van der Waals surface area contributed by atoms with E-state index in [1.807, 2.05) is 0 Å². The summed E-state index contributed by atoms with van der Waals surface area (Å²) in [6, 6.07) is 4.24. The van der Waals surface area contributed by atoms with Crippen molar-refractivity contribution < 1.29 is 23.1 Å². The van der Waals surface area contributed by atoms with Crippen LogP contribution < -0.4 is 9.46 Å². The number of carboxylic acid groups (broad SMARTS) is 1. The highest BCUT2D eigenvalue weighted by Crippen LogP contribution is 2.22. The minimum Gasteiger partial charge on any atom is -0.497 e. The molecule has 0 aliphatic heterocycles. The van der Waals surface area contributed by atoms with Gasteiger partial charge in [-0.25, -0.2) is 13.1 Å². The van der Waals surface area contributed by atoms with Gasteiger partial charge in [0.25, 0.3) is 0 Å². The summed E-state index contributed by atoms with van der Waals surface area (Å²) in [5, 5.41) is 8.79. The van der Waals surface area contributed by atoms with Crippen LogP contribution >= 0.6 is 0 Å². The maximum Gasteiger partial charge on any atom is 0.307 e. The smallest absolute Gasteiger partial charge is 0.307 e. The Labute approximate surface area is 106 Å². The van der Waals surface area contributed by atoms with Crippen LogP contribution in [0.25, 0.3) is 0 Å². The number of benzene rings is 1. The van der Waals surface area contributed by atoms with E-state index in [9.17, 15) is 13.2 Å². The van der Waals surface area contributed by atoms with Crippen molar-refractivity contribution >= 4 is 16.0 Å². The third kappa shape index (κ3) is 3.44. The molecule has 0 amide bonds. The first-order valence-corrected chi connectivity index (χ1v) is 6.77. The number of carbonyl (C=O) groups is 1. The first-order valence-electron chi connectivity index (χ1n) is 5.29. The molecule has 100 valence electrons. The summed E-state index contributed by atoms with van der Waals surface area (Å²) in [6.07, 6.45) is -0.378.